The Morgan fingerprint density at radius 3 is 2.12 bits per heavy atom. The molecule has 0 spiro atoms. The lowest BCUT2D eigenvalue weighted by atomic mass is 9.73. The van der Waals surface area contributed by atoms with Gasteiger partial charge in [0.05, 0.1) is 5.57 Å². The fraction of sp³-hybridized carbons (Fsp3) is 0.750. The number of alkyl carbamates (subject to hydrolysis) is 1. The van der Waals surface area contributed by atoms with Gasteiger partial charge < -0.3 is 20.5 Å². The molecule has 0 heterocycles. The van der Waals surface area contributed by atoms with E-state index in [1.807, 2.05) is 27.7 Å². The molecule has 0 aromatic carbocycles. The van der Waals surface area contributed by atoms with Gasteiger partial charge in [0.25, 0.3) is 0 Å². The zero-order chi connectivity index (χ0) is 24.7. The van der Waals surface area contributed by atoms with Crippen molar-refractivity contribution < 1.29 is 29.0 Å². The molecule has 182 valence electrons. The first-order valence-corrected chi connectivity index (χ1v) is 11.4. The van der Waals surface area contributed by atoms with Crippen LogP contribution in [0.15, 0.2) is 11.3 Å². The summed E-state index contributed by atoms with van der Waals surface area (Å²) >= 11 is 0. The maximum Gasteiger partial charge on any atom is 0.408 e. The van der Waals surface area contributed by atoms with E-state index in [0.717, 1.165) is 0 Å². The summed E-state index contributed by atoms with van der Waals surface area (Å²) in [5.74, 6) is -1.06. The van der Waals surface area contributed by atoms with E-state index in [1.165, 1.54) is 0 Å². The third-order valence-electron chi connectivity index (χ3n) is 5.00. The van der Waals surface area contributed by atoms with Gasteiger partial charge in [-0.25, -0.2) is 9.59 Å². The van der Waals surface area contributed by atoms with Crippen LogP contribution < -0.4 is 10.6 Å². The molecule has 0 bridgehead atoms. The average molecular weight is 453 g/mol. The number of hydrogen-bond acceptors (Lipinski definition) is 6. The highest BCUT2D eigenvalue weighted by Crippen LogP contribution is 2.35. The molecule has 1 amide bonds. The summed E-state index contributed by atoms with van der Waals surface area (Å²) in [6.45, 7) is 13.6. The highest BCUT2D eigenvalue weighted by atomic mass is 16.6. The van der Waals surface area contributed by atoms with Crippen LogP contribution in [-0.2, 0) is 19.1 Å². The van der Waals surface area contributed by atoms with Gasteiger partial charge in [-0.1, -0.05) is 27.7 Å². The monoisotopic (exact) mass is 452 g/mol. The van der Waals surface area contributed by atoms with Crippen LogP contribution in [-0.4, -0.2) is 46.9 Å². The highest BCUT2D eigenvalue weighted by molar-refractivity contribution is 6.22. The predicted octanol–water partition coefficient (Wildman–Crippen LogP) is 3.98. The van der Waals surface area contributed by atoms with Crippen molar-refractivity contribution in [3.63, 3.8) is 0 Å². The van der Waals surface area contributed by atoms with Crippen LogP contribution in [0.4, 0.5) is 4.79 Å². The molecule has 1 fully saturated rings. The van der Waals surface area contributed by atoms with E-state index in [0.29, 0.717) is 49.9 Å². The summed E-state index contributed by atoms with van der Waals surface area (Å²) in [5, 5.41) is 15.0. The van der Waals surface area contributed by atoms with E-state index in [-0.39, 0.29) is 29.3 Å². The maximum absolute atomic E-state index is 12.7. The van der Waals surface area contributed by atoms with Crippen LogP contribution >= 0.6 is 0 Å². The summed E-state index contributed by atoms with van der Waals surface area (Å²) in [4.78, 5) is 48.6. The number of carboxylic acids is 1. The Kier molecular flexibility index (Phi) is 9.92. The Bertz CT molecular complexity index is 724. The third-order valence-corrected chi connectivity index (χ3v) is 5.00. The van der Waals surface area contributed by atoms with Crippen LogP contribution in [0.3, 0.4) is 0 Å². The Labute approximate surface area is 191 Å². The third kappa shape index (κ3) is 9.83. The van der Waals surface area contributed by atoms with E-state index in [9.17, 15) is 24.3 Å². The Hall–Kier alpha value is -2.38. The second kappa shape index (κ2) is 11.5. The van der Waals surface area contributed by atoms with Crippen LogP contribution in [0, 0.1) is 11.3 Å². The summed E-state index contributed by atoms with van der Waals surface area (Å²) in [6, 6.07) is -1.04. The van der Waals surface area contributed by atoms with E-state index < -0.39 is 23.7 Å². The minimum atomic E-state index is -1.12. The number of carbonyl (C=O) groups is 4. The molecule has 0 aromatic rings. The smallest absolute Gasteiger partial charge is 0.408 e. The van der Waals surface area contributed by atoms with Gasteiger partial charge >= 0.3 is 12.1 Å². The summed E-state index contributed by atoms with van der Waals surface area (Å²) in [7, 11) is 0. The first-order chi connectivity index (χ1) is 14.6. The van der Waals surface area contributed by atoms with Crippen LogP contribution in [0.1, 0.15) is 87.0 Å². The largest absolute Gasteiger partial charge is 0.480 e. The lowest BCUT2D eigenvalue weighted by Crippen LogP contribution is -2.43. The highest BCUT2D eigenvalue weighted by Gasteiger charge is 2.37. The van der Waals surface area contributed by atoms with E-state index in [2.05, 4.69) is 10.6 Å². The Morgan fingerprint density at radius 2 is 1.66 bits per heavy atom. The summed E-state index contributed by atoms with van der Waals surface area (Å²) < 4.78 is 5.12. The van der Waals surface area contributed by atoms with E-state index in [1.54, 1.807) is 20.8 Å². The van der Waals surface area contributed by atoms with Crippen molar-refractivity contribution in [1.29, 1.82) is 0 Å². The van der Waals surface area contributed by atoms with Crippen molar-refractivity contribution in [2.75, 3.05) is 6.54 Å². The van der Waals surface area contributed by atoms with Gasteiger partial charge in [-0.3, -0.25) is 9.59 Å². The van der Waals surface area contributed by atoms with E-state index in [4.69, 9.17) is 4.74 Å². The van der Waals surface area contributed by atoms with E-state index >= 15 is 0 Å². The number of nitrogens with one attached hydrogen (secondary N) is 2. The van der Waals surface area contributed by atoms with Crippen molar-refractivity contribution in [1.82, 2.24) is 10.6 Å². The molecule has 0 saturated heterocycles. The van der Waals surface area contributed by atoms with Gasteiger partial charge in [0, 0.05) is 25.1 Å². The minimum absolute atomic E-state index is 0.109. The second-order valence-corrected chi connectivity index (χ2v) is 10.8. The SMILES string of the molecule is CC(C)CC(NCCCC[C@H](NC(=O)OC(C)(C)C)C(=O)O)=C1C(=O)CC(C)(C)CC1=O. The lowest BCUT2D eigenvalue weighted by molar-refractivity contribution is -0.139. The summed E-state index contributed by atoms with van der Waals surface area (Å²) in [5.41, 5.74) is -0.0334. The maximum atomic E-state index is 12.7. The molecule has 32 heavy (non-hydrogen) atoms. The number of aliphatic carboxylic acids is 1. The first kappa shape index (κ1) is 27.7. The number of carboxylic acid groups (broad SMARTS) is 1. The number of allylic oxidation sites excluding steroid dienone is 2. The number of Topliss-reactive ketones (excluding diaryl/α,β-unsaturated/α-hetero) is 2. The normalized spacial score (nSPS) is 17.2. The number of rotatable bonds is 10. The molecule has 0 aromatic heterocycles. The average Bonchev–Trinajstić information content (AvgIpc) is 2.56. The molecular weight excluding hydrogens is 412 g/mol. The topological polar surface area (TPSA) is 122 Å². The predicted molar refractivity (Wildman–Crippen MR) is 122 cm³/mol. The van der Waals surface area contributed by atoms with Gasteiger partial charge in [-0.05, 0) is 57.8 Å². The van der Waals surface area contributed by atoms with Gasteiger partial charge in [-0.15, -0.1) is 0 Å². The quantitative estimate of drug-likeness (QED) is 0.260. The molecule has 0 unspecified atom stereocenters. The number of unbranched alkanes of at least 4 members (excludes halogenated alkanes) is 1. The molecule has 1 aliphatic rings. The number of amides is 1. The molecule has 3 N–H and O–H groups in total. The number of ketones is 2. The fourth-order valence-corrected chi connectivity index (χ4v) is 3.69. The first-order valence-electron chi connectivity index (χ1n) is 11.4. The van der Waals surface area contributed by atoms with Crippen molar-refractivity contribution in [2.45, 2.75) is 98.6 Å². The molecule has 1 rings (SSSR count). The molecule has 0 aliphatic heterocycles. The number of hydrogen-bond donors (Lipinski definition) is 3. The molecule has 1 atom stereocenters. The Balaban J connectivity index is 2.67. The van der Waals surface area contributed by atoms with Gasteiger partial charge in [0.1, 0.15) is 11.6 Å². The fourth-order valence-electron chi connectivity index (χ4n) is 3.69. The molecular formula is C24H40N2O6. The standard InChI is InChI=1S/C24H40N2O6/c1-15(2)12-17(20-18(27)13-24(6,7)14-19(20)28)25-11-9-8-10-16(21(29)30)26-22(31)32-23(3,4)5/h15-16,25H,8-14H2,1-7H3,(H,26,31)(H,29,30)/t16-/m0/s1. The zero-order valence-corrected chi connectivity index (χ0v) is 20.6. The number of carbonyl (C=O) groups excluding carboxylic acids is 3. The van der Waals surface area contributed by atoms with Crippen molar-refractivity contribution >= 4 is 23.6 Å². The molecule has 0 radical (unpaired) electrons. The van der Waals surface area contributed by atoms with Crippen molar-refractivity contribution in [3.05, 3.63) is 11.3 Å². The zero-order valence-electron chi connectivity index (χ0n) is 20.6. The van der Waals surface area contributed by atoms with Gasteiger partial charge in [0.15, 0.2) is 11.6 Å². The Morgan fingerprint density at radius 1 is 1.09 bits per heavy atom. The van der Waals surface area contributed by atoms with Gasteiger partial charge in [-0.2, -0.15) is 0 Å². The van der Waals surface area contributed by atoms with Crippen LogP contribution in [0.2, 0.25) is 0 Å². The molecule has 1 saturated carbocycles. The van der Waals surface area contributed by atoms with Crippen LogP contribution in [0.5, 0.6) is 0 Å². The lowest BCUT2D eigenvalue weighted by Gasteiger charge is -2.30. The molecule has 8 heteroatoms. The van der Waals surface area contributed by atoms with Gasteiger partial charge in [0.2, 0.25) is 0 Å². The van der Waals surface area contributed by atoms with Crippen molar-refractivity contribution in [3.8, 4) is 0 Å². The number of ether oxygens (including phenoxy) is 1. The molecule has 1 aliphatic carbocycles. The summed E-state index contributed by atoms with van der Waals surface area (Å²) in [6.07, 6.45) is 1.97. The van der Waals surface area contributed by atoms with Crippen LogP contribution in [0.25, 0.3) is 0 Å². The minimum Gasteiger partial charge on any atom is -0.480 e. The second-order valence-electron chi connectivity index (χ2n) is 10.8. The molecule has 8 nitrogen and oxygen atoms in total. The van der Waals surface area contributed by atoms with Crippen molar-refractivity contribution in [2.24, 2.45) is 11.3 Å².